The van der Waals surface area contributed by atoms with Crippen molar-refractivity contribution < 1.29 is 14.3 Å². The van der Waals surface area contributed by atoms with Crippen LogP contribution in [0, 0.1) is 0 Å². The number of nitrogens with zero attached hydrogens (tertiary/aromatic N) is 1. The zero-order chi connectivity index (χ0) is 17.6. The first kappa shape index (κ1) is 17.8. The van der Waals surface area contributed by atoms with Crippen molar-refractivity contribution in [3.63, 3.8) is 0 Å². The van der Waals surface area contributed by atoms with Gasteiger partial charge in [-0.2, -0.15) is 0 Å². The SMILES string of the molecule is CC(=O)N1CCC[C@@H]1C(=O)NCc1ccc(OC2CCCCC2)cc1. The zero-order valence-corrected chi connectivity index (χ0v) is 15.0. The van der Waals surface area contributed by atoms with Gasteiger partial charge in [0, 0.05) is 20.0 Å². The first-order valence-corrected chi connectivity index (χ1v) is 9.44. The van der Waals surface area contributed by atoms with Crippen LogP contribution in [0.2, 0.25) is 0 Å². The summed E-state index contributed by atoms with van der Waals surface area (Å²) >= 11 is 0. The lowest BCUT2D eigenvalue weighted by Gasteiger charge is -2.23. The van der Waals surface area contributed by atoms with E-state index in [4.69, 9.17) is 4.74 Å². The van der Waals surface area contributed by atoms with Gasteiger partial charge in [-0.15, -0.1) is 0 Å². The number of amides is 2. The van der Waals surface area contributed by atoms with E-state index >= 15 is 0 Å². The second-order valence-electron chi connectivity index (χ2n) is 7.11. The molecule has 1 saturated heterocycles. The largest absolute Gasteiger partial charge is 0.490 e. The molecule has 25 heavy (non-hydrogen) atoms. The van der Waals surface area contributed by atoms with E-state index in [1.807, 2.05) is 24.3 Å². The summed E-state index contributed by atoms with van der Waals surface area (Å²) in [6.45, 7) is 2.68. The van der Waals surface area contributed by atoms with E-state index in [2.05, 4.69) is 5.32 Å². The van der Waals surface area contributed by atoms with E-state index in [1.165, 1.54) is 26.2 Å². The van der Waals surface area contributed by atoms with Gasteiger partial charge in [0.1, 0.15) is 11.8 Å². The van der Waals surface area contributed by atoms with Gasteiger partial charge in [0.15, 0.2) is 0 Å². The zero-order valence-electron chi connectivity index (χ0n) is 15.0. The molecule has 5 nitrogen and oxygen atoms in total. The van der Waals surface area contributed by atoms with Crippen molar-refractivity contribution in [2.75, 3.05) is 6.54 Å². The molecule has 1 aromatic rings. The van der Waals surface area contributed by atoms with Gasteiger partial charge in [0.2, 0.25) is 11.8 Å². The van der Waals surface area contributed by atoms with Crippen molar-refractivity contribution in [1.82, 2.24) is 10.2 Å². The number of rotatable bonds is 5. The summed E-state index contributed by atoms with van der Waals surface area (Å²) < 4.78 is 6.03. The first-order chi connectivity index (χ1) is 12.1. The molecule has 0 bridgehead atoms. The van der Waals surface area contributed by atoms with Gasteiger partial charge in [0.25, 0.3) is 0 Å². The summed E-state index contributed by atoms with van der Waals surface area (Å²) in [6.07, 6.45) is 8.11. The lowest BCUT2D eigenvalue weighted by atomic mass is 9.98. The standard InChI is InChI=1S/C20H28N2O3/c1-15(23)22-13-5-8-19(22)20(24)21-14-16-9-11-18(12-10-16)25-17-6-3-2-4-7-17/h9-12,17,19H,2-8,13-14H2,1H3,(H,21,24)/t19-/m1/s1. The van der Waals surface area contributed by atoms with Gasteiger partial charge in [-0.25, -0.2) is 0 Å². The number of hydrogen-bond donors (Lipinski definition) is 1. The maximum Gasteiger partial charge on any atom is 0.243 e. The Bertz CT molecular complexity index is 593. The van der Waals surface area contributed by atoms with Gasteiger partial charge in [-0.05, 0) is 56.2 Å². The molecular weight excluding hydrogens is 316 g/mol. The molecule has 0 unspecified atom stereocenters. The van der Waals surface area contributed by atoms with Crippen LogP contribution in [0.5, 0.6) is 5.75 Å². The van der Waals surface area contributed by atoms with Crippen LogP contribution < -0.4 is 10.1 Å². The third-order valence-electron chi connectivity index (χ3n) is 5.20. The first-order valence-electron chi connectivity index (χ1n) is 9.44. The van der Waals surface area contributed by atoms with E-state index < -0.39 is 0 Å². The average Bonchev–Trinajstić information content (AvgIpc) is 3.12. The van der Waals surface area contributed by atoms with Gasteiger partial charge in [0.05, 0.1) is 6.10 Å². The van der Waals surface area contributed by atoms with Crippen LogP contribution in [-0.2, 0) is 16.1 Å². The summed E-state index contributed by atoms with van der Waals surface area (Å²) in [5.74, 6) is 0.817. The number of carbonyl (C=O) groups is 2. The monoisotopic (exact) mass is 344 g/mol. The highest BCUT2D eigenvalue weighted by Crippen LogP contribution is 2.23. The van der Waals surface area contributed by atoms with Gasteiger partial charge < -0.3 is 15.0 Å². The van der Waals surface area contributed by atoms with Crippen molar-refractivity contribution in [1.29, 1.82) is 0 Å². The molecule has 2 fully saturated rings. The van der Waals surface area contributed by atoms with E-state index in [1.54, 1.807) is 4.90 Å². The second kappa shape index (κ2) is 8.37. The molecule has 1 aliphatic heterocycles. The quantitative estimate of drug-likeness (QED) is 0.893. The Morgan fingerprint density at radius 3 is 2.48 bits per heavy atom. The molecule has 1 atom stereocenters. The molecule has 0 aromatic heterocycles. The molecule has 3 rings (SSSR count). The minimum Gasteiger partial charge on any atom is -0.490 e. The highest BCUT2D eigenvalue weighted by Gasteiger charge is 2.31. The molecule has 136 valence electrons. The minimum atomic E-state index is -0.314. The highest BCUT2D eigenvalue weighted by atomic mass is 16.5. The molecule has 1 aliphatic carbocycles. The Labute approximate surface area is 149 Å². The molecular formula is C20H28N2O3. The summed E-state index contributed by atoms with van der Waals surface area (Å²) in [5.41, 5.74) is 1.04. The fraction of sp³-hybridized carbons (Fsp3) is 0.600. The number of ether oxygens (including phenoxy) is 1. The Kier molecular flexibility index (Phi) is 5.95. The molecule has 1 heterocycles. The Morgan fingerprint density at radius 1 is 1.08 bits per heavy atom. The van der Waals surface area contributed by atoms with Crippen LogP contribution in [0.4, 0.5) is 0 Å². The number of benzene rings is 1. The lowest BCUT2D eigenvalue weighted by Crippen LogP contribution is -2.44. The predicted molar refractivity (Wildman–Crippen MR) is 96.2 cm³/mol. The maximum absolute atomic E-state index is 12.3. The van der Waals surface area contributed by atoms with Crippen molar-refractivity contribution >= 4 is 11.8 Å². The van der Waals surface area contributed by atoms with Crippen molar-refractivity contribution in [2.45, 2.75) is 70.6 Å². The molecule has 0 spiro atoms. The van der Waals surface area contributed by atoms with Crippen LogP contribution >= 0.6 is 0 Å². The van der Waals surface area contributed by atoms with E-state index in [0.29, 0.717) is 19.2 Å². The van der Waals surface area contributed by atoms with Crippen molar-refractivity contribution in [3.8, 4) is 5.75 Å². The number of nitrogens with one attached hydrogen (secondary N) is 1. The van der Waals surface area contributed by atoms with Crippen LogP contribution in [0.3, 0.4) is 0 Å². The molecule has 2 amide bonds. The van der Waals surface area contributed by atoms with Crippen LogP contribution in [0.25, 0.3) is 0 Å². The summed E-state index contributed by atoms with van der Waals surface area (Å²) in [6, 6.07) is 7.64. The Morgan fingerprint density at radius 2 is 1.80 bits per heavy atom. The predicted octanol–water partition coefficient (Wildman–Crippen LogP) is 3.03. The molecule has 2 aliphatic rings. The van der Waals surface area contributed by atoms with Gasteiger partial charge in [-0.1, -0.05) is 18.6 Å². The fourth-order valence-corrected chi connectivity index (χ4v) is 3.78. The molecule has 1 aromatic carbocycles. The number of hydrogen-bond acceptors (Lipinski definition) is 3. The molecule has 5 heteroatoms. The topological polar surface area (TPSA) is 58.6 Å². The lowest BCUT2D eigenvalue weighted by molar-refractivity contribution is -0.136. The molecule has 1 saturated carbocycles. The third-order valence-corrected chi connectivity index (χ3v) is 5.20. The summed E-state index contributed by atoms with van der Waals surface area (Å²) in [7, 11) is 0. The minimum absolute atomic E-state index is 0.0261. The molecule has 1 N–H and O–H groups in total. The van der Waals surface area contributed by atoms with E-state index in [-0.39, 0.29) is 17.9 Å². The smallest absolute Gasteiger partial charge is 0.243 e. The highest BCUT2D eigenvalue weighted by molar-refractivity contribution is 5.87. The number of likely N-dealkylation sites (tertiary alicyclic amines) is 1. The fourth-order valence-electron chi connectivity index (χ4n) is 3.78. The summed E-state index contributed by atoms with van der Waals surface area (Å²) in [4.78, 5) is 25.6. The van der Waals surface area contributed by atoms with Gasteiger partial charge >= 0.3 is 0 Å². The van der Waals surface area contributed by atoms with E-state index in [0.717, 1.165) is 37.0 Å². The maximum atomic E-state index is 12.3. The van der Waals surface area contributed by atoms with Crippen LogP contribution in [0.1, 0.15) is 57.4 Å². The van der Waals surface area contributed by atoms with Crippen molar-refractivity contribution in [2.24, 2.45) is 0 Å². The van der Waals surface area contributed by atoms with Crippen molar-refractivity contribution in [3.05, 3.63) is 29.8 Å². The number of carbonyl (C=O) groups excluding carboxylic acids is 2. The Hall–Kier alpha value is -2.04. The average molecular weight is 344 g/mol. The van der Waals surface area contributed by atoms with Gasteiger partial charge in [-0.3, -0.25) is 9.59 Å². The van der Waals surface area contributed by atoms with Crippen LogP contribution in [-0.4, -0.2) is 35.4 Å². The third kappa shape index (κ3) is 4.74. The summed E-state index contributed by atoms with van der Waals surface area (Å²) in [5, 5.41) is 2.95. The van der Waals surface area contributed by atoms with E-state index in [9.17, 15) is 9.59 Å². The Balaban J connectivity index is 1.48. The van der Waals surface area contributed by atoms with Crippen LogP contribution in [0.15, 0.2) is 24.3 Å². The second-order valence-corrected chi connectivity index (χ2v) is 7.11. The molecule has 0 radical (unpaired) electrons. The normalized spacial score (nSPS) is 21.2.